The third-order valence-corrected chi connectivity index (χ3v) is 2.86. The molecule has 0 radical (unpaired) electrons. The molecule has 0 saturated carbocycles. The fraction of sp³-hybridized carbons (Fsp3) is 0.636. The molecule has 1 aromatic heterocycles. The molecule has 1 aromatic rings. The SMILES string of the molecule is Cc1ccc(NCC2CCN(C)C2)nn1. The maximum Gasteiger partial charge on any atom is 0.148 e. The van der Waals surface area contributed by atoms with Gasteiger partial charge in [0, 0.05) is 13.1 Å². The number of anilines is 1. The first-order chi connectivity index (χ1) is 7.24. The normalized spacial score (nSPS) is 21.9. The van der Waals surface area contributed by atoms with E-state index in [-0.39, 0.29) is 0 Å². The molecule has 1 atom stereocenters. The summed E-state index contributed by atoms with van der Waals surface area (Å²) < 4.78 is 0. The van der Waals surface area contributed by atoms with Crippen molar-refractivity contribution < 1.29 is 0 Å². The Morgan fingerprint density at radius 1 is 1.47 bits per heavy atom. The highest BCUT2D eigenvalue weighted by atomic mass is 15.2. The summed E-state index contributed by atoms with van der Waals surface area (Å²) >= 11 is 0. The van der Waals surface area contributed by atoms with Crippen LogP contribution in [0.15, 0.2) is 12.1 Å². The van der Waals surface area contributed by atoms with E-state index < -0.39 is 0 Å². The van der Waals surface area contributed by atoms with Crippen LogP contribution in [0.3, 0.4) is 0 Å². The standard InChI is InChI=1S/C11H18N4/c1-9-3-4-11(14-13-9)12-7-10-5-6-15(2)8-10/h3-4,10H,5-8H2,1-2H3,(H,12,14). The van der Waals surface area contributed by atoms with E-state index in [1.54, 1.807) is 0 Å². The lowest BCUT2D eigenvalue weighted by atomic mass is 10.1. The van der Waals surface area contributed by atoms with Crippen molar-refractivity contribution in [2.75, 3.05) is 32.0 Å². The molecule has 15 heavy (non-hydrogen) atoms. The Morgan fingerprint density at radius 2 is 2.33 bits per heavy atom. The lowest BCUT2D eigenvalue weighted by Crippen LogP contribution is -2.19. The zero-order chi connectivity index (χ0) is 10.7. The van der Waals surface area contributed by atoms with Crippen LogP contribution in [0.4, 0.5) is 5.82 Å². The Bertz CT molecular complexity index is 309. The third kappa shape index (κ3) is 2.89. The molecule has 2 rings (SSSR count). The first-order valence-electron chi connectivity index (χ1n) is 5.47. The summed E-state index contributed by atoms with van der Waals surface area (Å²) in [7, 11) is 2.17. The summed E-state index contributed by atoms with van der Waals surface area (Å²) in [5.41, 5.74) is 0.959. The van der Waals surface area contributed by atoms with Crippen LogP contribution < -0.4 is 5.32 Å². The smallest absolute Gasteiger partial charge is 0.148 e. The second-order valence-corrected chi connectivity index (χ2v) is 4.36. The molecule has 0 amide bonds. The highest BCUT2D eigenvalue weighted by molar-refractivity contribution is 5.32. The van der Waals surface area contributed by atoms with Crippen molar-refractivity contribution in [1.82, 2.24) is 15.1 Å². The van der Waals surface area contributed by atoms with Crippen molar-refractivity contribution in [3.05, 3.63) is 17.8 Å². The zero-order valence-electron chi connectivity index (χ0n) is 9.40. The Hall–Kier alpha value is -1.16. The number of hydrogen-bond donors (Lipinski definition) is 1. The van der Waals surface area contributed by atoms with Gasteiger partial charge in [0.25, 0.3) is 0 Å². The van der Waals surface area contributed by atoms with E-state index in [1.165, 1.54) is 19.5 Å². The summed E-state index contributed by atoms with van der Waals surface area (Å²) in [6.07, 6.45) is 1.28. The van der Waals surface area contributed by atoms with Crippen molar-refractivity contribution in [1.29, 1.82) is 0 Å². The number of aryl methyl sites for hydroxylation is 1. The number of nitrogens with one attached hydrogen (secondary N) is 1. The van der Waals surface area contributed by atoms with Crippen LogP contribution in [0.1, 0.15) is 12.1 Å². The lowest BCUT2D eigenvalue weighted by molar-refractivity contribution is 0.399. The number of aromatic nitrogens is 2. The average Bonchev–Trinajstić information content (AvgIpc) is 2.64. The summed E-state index contributed by atoms with van der Waals surface area (Å²) in [5, 5.41) is 11.4. The average molecular weight is 206 g/mol. The minimum absolute atomic E-state index is 0.748. The number of hydrogen-bond acceptors (Lipinski definition) is 4. The van der Waals surface area contributed by atoms with Gasteiger partial charge in [0.1, 0.15) is 5.82 Å². The first kappa shape index (κ1) is 10.4. The van der Waals surface area contributed by atoms with Gasteiger partial charge in [-0.2, -0.15) is 5.10 Å². The molecular weight excluding hydrogens is 188 g/mol. The van der Waals surface area contributed by atoms with Gasteiger partial charge in [-0.15, -0.1) is 5.10 Å². The molecule has 1 aliphatic heterocycles. The highest BCUT2D eigenvalue weighted by Gasteiger charge is 2.18. The summed E-state index contributed by atoms with van der Waals surface area (Å²) in [6, 6.07) is 3.97. The van der Waals surface area contributed by atoms with Crippen LogP contribution in [0, 0.1) is 12.8 Å². The largest absolute Gasteiger partial charge is 0.368 e. The van der Waals surface area contributed by atoms with E-state index in [1.807, 2.05) is 19.1 Å². The van der Waals surface area contributed by atoms with Gasteiger partial charge < -0.3 is 10.2 Å². The van der Waals surface area contributed by atoms with Crippen LogP contribution in [0.2, 0.25) is 0 Å². The van der Waals surface area contributed by atoms with Crippen molar-refractivity contribution in [3.8, 4) is 0 Å². The van der Waals surface area contributed by atoms with Gasteiger partial charge in [-0.25, -0.2) is 0 Å². The van der Waals surface area contributed by atoms with Gasteiger partial charge in [-0.3, -0.25) is 0 Å². The van der Waals surface area contributed by atoms with E-state index >= 15 is 0 Å². The van der Waals surface area contributed by atoms with Crippen LogP contribution in [0.25, 0.3) is 0 Å². The Kier molecular flexibility index (Phi) is 3.16. The van der Waals surface area contributed by atoms with E-state index in [0.717, 1.165) is 24.0 Å². The third-order valence-electron chi connectivity index (χ3n) is 2.86. The Balaban J connectivity index is 1.80. The van der Waals surface area contributed by atoms with Gasteiger partial charge in [0.05, 0.1) is 5.69 Å². The zero-order valence-corrected chi connectivity index (χ0v) is 9.40. The van der Waals surface area contributed by atoms with Gasteiger partial charge in [0.15, 0.2) is 0 Å². The molecule has 0 aromatic carbocycles. The summed E-state index contributed by atoms with van der Waals surface area (Å²) in [5.74, 6) is 1.63. The van der Waals surface area contributed by atoms with Gasteiger partial charge in [0.2, 0.25) is 0 Å². The first-order valence-corrected chi connectivity index (χ1v) is 5.47. The molecule has 2 heterocycles. The van der Waals surface area contributed by atoms with E-state index in [4.69, 9.17) is 0 Å². The second-order valence-electron chi connectivity index (χ2n) is 4.36. The molecule has 82 valence electrons. The quantitative estimate of drug-likeness (QED) is 0.805. The van der Waals surface area contributed by atoms with Crippen LogP contribution >= 0.6 is 0 Å². The van der Waals surface area contributed by atoms with Crippen molar-refractivity contribution in [2.24, 2.45) is 5.92 Å². The van der Waals surface area contributed by atoms with Crippen LogP contribution in [-0.2, 0) is 0 Å². The molecular formula is C11H18N4. The molecule has 0 aliphatic carbocycles. The molecule has 1 unspecified atom stereocenters. The Labute approximate surface area is 90.7 Å². The van der Waals surface area contributed by atoms with Crippen molar-refractivity contribution in [3.63, 3.8) is 0 Å². The molecule has 1 saturated heterocycles. The molecule has 4 nitrogen and oxygen atoms in total. The van der Waals surface area contributed by atoms with Gasteiger partial charge in [-0.05, 0) is 45.0 Å². The van der Waals surface area contributed by atoms with Gasteiger partial charge >= 0.3 is 0 Å². The fourth-order valence-electron chi connectivity index (χ4n) is 1.94. The number of nitrogens with zero attached hydrogens (tertiary/aromatic N) is 3. The van der Waals surface area contributed by atoms with Crippen LogP contribution in [0.5, 0.6) is 0 Å². The van der Waals surface area contributed by atoms with Crippen molar-refractivity contribution >= 4 is 5.82 Å². The monoisotopic (exact) mass is 206 g/mol. The minimum Gasteiger partial charge on any atom is -0.368 e. The molecule has 1 fully saturated rings. The maximum atomic E-state index is 4.08. The predicted molar refractivity (Wildman–Crippen MR) is 60.9 cm³/mol. The molecule has 0 spiro atoms. The maximum absolute atomic E-state index is 4.08. The predicted octanol–water partition coefficient (Wildman–Crippen LogP) is 1.15. The Morgan fingerprint density at radius 3 is 2.93 bits per heavy atom. The molecule has 4 heteroatoms. The van der Waals surface area contributed by atoms with E-state index in [2.05, 4.69) is 27.5 Å². The summed E-state index contributed by atoms with van der Waals surface area (Å²) in [4.78, 5) is 2.37. The lowest BCUT2D eigenvalue weighted by Gasteiger charge is -2.11. The number of likely N-dealkylation sites (tertiary alicyclic amines) is 1. The molecule has 1 N–H and O–H groups in total. The van der Waals surface area contributed by atoms with Crippen molar-refractivity contribution in [2.45, 2.75) is 13.3 Å². The minimum atomic E-state index is 0.748. The molecule has 1 aliphatic rings. The second kappa shape index (κ2) is 4.57. The number of rotatable bonds is 3. The van der Waals surface area contributed by atoms with Crippen LogP contribution in [-0.4, -0.2) is 41.8 Å². The summed E-state index contributed by atoms with van der Waals surface area (Å²) in [6.45, 7) is 5.35. The van der Waals surface area contributed by atoms with Gasteiger partial charge in [-0.1, -0.05) is 0 Å². The fourth-order valence-corrected chi connectivity index (χ4v) is 1.94. The van der Waals surface area contributed by atoms with E-state index in [0.29, 0.717) is 0 Å². The topological polar surface area (TPSA) is 41.0 Å². The van der Waals surface area contributed by atoms with E-state index in [9.17, 15) is 0 Å². The highest BCUT2D eigenvalue weighted by Crippen LogP contribution is 2.14. The molecule has 0 bridgehead atoms.